The lowest BCUT2D eigenvalue weighted by Gasteiger charge is -2.17. The van der Waals surface area contributed by atoms with Crippen molar-refractivity contribution in [3.8, 4) is 17.0 Å². The Kier molecular flexibility index (Phi) is 5.91. The second-order valence-electron chi connectivity index (χ2n) is 6.45. The summed E-state index contributed by atoms with van der Waals surface area (Å²) in [5.41, 5.74) is -0.387. The molecule has 0 saturated carbocycles. The Bertz CT molecular complexity index is 1110. The number of nitrogens with zero attached hydrogens (tertiary/aromatic N) is 2. The largest absolute Gasteiger partial charge is 0.495 e. The molecule has 0 fully saturated rings. The number of hydrogen-bond acceptors (Lipinski definition) is 4. The molecule has 3 aromatic rings. The summed E-state index contributed by atoms with van der Waals surface area (Å²) < 4.78 is 45.1. The van der Waals surface area contributed by atoms with Gasteiger partial charge in [0.1, 0.15) is 11.8 Å². The number of anilines is 1. The highest BCUT2D eigenvalue weighted by molar-refractivity contribution is 5.94. The summed E-state index contributed by atoms with van der Waals surface area (Å²) in [4.78, 5) is 25.0. The number of halogens is 3. The van der Waals surface area contributed by atoms with E-state index in [0.29, 0.717) is 5.69 Å². The Hall–Kier alpha value is -3.62. The fourth-order valence-corrected chi connectivity index (χ4v) is 2.80. The first-order chi connectivity index (χ1) is 14.2. The van der Waals surface area contributed by atoms with Crippen LogP contribution >= 0.6 is 0 Å². The Balaban J connectivity index is 1.91. The van der Waals surface area contributed by atoms with E-state index in [9.17, 15) is 22.8 Å². The zero-order valence-corrected chi connectivity index (χ0v) is 16.1. The SMILES string of the molecule is COc1ccc(C(F)(F)F)cc1NC(=O)C(C)n1nc(-c2ccccc2)ccc1=O. The number of hydrogen-bond donors (Lipinski definition) is 1. The summed E-state index contributed by atoms with van der Waals surface area (Å²) in [6, 6.07) is 13.5. The van der Waals surface area contributed by atoms with Crippen LogP contribution in [0.4, 0.5) is 18.9 Å². The predicted octanol–water partition coefficient (Wildman–Crippen LogP) is 4.14. The van der Waals surface area contributed by atoms with Crippen molar-refractivity contribution in [3.63, 3.8) is 0 Å². The smallest absolute Gasteiger partial charge is 0.416 e. The third kappa shape index (κ3) is 4.51. The molecule has 0 radical (unpaired) electrons. The van der Waals surface area contributed by atoms with Gasteiger partial charge in [-0.05, 0) is 31.2 Å². The maximum atomic E-state index is 13.0. The Morgan fingerprint density at radius 1 is 1.10 bits per heavy atom. The number of aromatic nitrogens is 2. The van der Waals surface area contributed by atoms with Gasteiger partial charge in [-0.2, -0.15) is 18.3 Å². The fourth-order valence-electron chi connectivity index (χ4n) is 2.80. The van der Waals surface area contributed by atoms with Gasteiger partial charge >= 0.3 is 6.18 Å². The number of carbonyl (C=O) groups is 1. The maximum Gasteiger partial charge on any atom is 0.416 e. The molecule has 1 unspecified atom stereocenters. The predicted molar refractivity (Wildman–Crippen MR) is 105 cm³/mol. The number of nitrogens with one attached hydrogen (secondary N) is 1. The van der Waals surface area contributed by atoms with Crippen molar-refractivity contribution in [2.24, 2.45) is 0 Å². The standard InChI is InChI=1S/C21H18F3N3O3/c1-13(27-19(28)11-9-16(26-27)14-6-4-3-5-7-14)20(29)25-17-12-15(21(22,23)24)8-10-18(17)30-2/h3-13H,1-2H3,(H,25,29). The van der Waals surface area contributed by atoms with Crippen LogP contribution in [0.3, 0.4) is 0 Å². The second kappa shape index (κ2) is 8.40. The molecule has 0 bridgehead atoms. The summed E-state index contributed by atoms with van der Waals surface area (Å²) >= 11 is 0. The van der Waals surface area contributed by atoms with Gasteiger partial charge in [0.2, 0.25) is 5.91 Å². The summed E-state index contributed by atoms with van der Waals surface area (Å²) in [7, 11) is 1.27. The molecule has 0 aliphatic carbocycles. The monoisotopic (exact) mass is 417 g/mol. The van der Waals surface area contributed by atoms with E-state index in [-0.39, 0.29) is 11.4 Å². The van der Waals surface area contributed by atoms with Gasteiger partial charge < -0.3 is 10.1 Å². The lowest BCUT2D eigenvalue weighted by atomic mass is 10.1. The van der Waals surface area contributed by atoms with Crippen LogP contribution in [0.2, 0.25) is 0 Å². The molecule has 0 aliphatic rings. The highest BCUT2D eigenvalue weighted by Crippen LogP contribution is 2.35. The van der Waals surface area contributed by atoms with Gasteiger partial charge in [0.25, 0.3) is 5.56 Å². The summed E-state index contributed by atoms with van der Waals surface area (Å²) in [6.45, 7) is 1.43. The minimum Gasteiger partial charge on any atom is -0.495 e. The third-order valence-electron chi connectivity index (χ3n) is 4.43. The molecule has 6 nitrogen and oxygen atoms in total. The van der Waals surface area contributed by atoms with Crippen LogP contribution in [0.1, 0.15) is 18.5 Å². The molecule has 1 heterocycles. The van der Waals surface area contributed by atoms with Crippen LogP contribution in [0.5, 0.6) is 5.75 Å². The van der Waals surface area contributed by atoms with E-state index in [1.165, 1.54) is 26.2 Å². The van der Waals surface area contributed by atoms with E-state index in [1.54, 1.807) is 12.1 Å². The summed E-state index contributed by atoms with van der Waals surface area (Å²) in [6.07, 6.45) is -4.58. The molecule has 3 rings (SSSR count). The van der Waals surface area contributed by atoms with Gasteiger partial charge in [0.05, 0.1) is 24.1 Å². The van der Waals surface area contributed by atoms with E-state index in [1.807, 2.05) is 18.2 Å². The van der Waals surface area contributed by atoms with Gasteiger partial charge in [-0.1, -0.05) is 30.3 Å². The van der Waals surface area contributed by atoms with Crippen LogP contribution in [0.25, 0.3) is 11.3 Å². The number of ether oxygens (including phenoxy) is 1. The number of alkyl halides is 3. The number of methoxy groups -OCH3 is 1. The molecule has 0 spiro atoms. The van der Waals surface area contributed by atoms with Crippen molar-refractivity contribution in [2.45, 2.75) is 19.1 Å². The molecule has 156 valence electrons. The molecular weight excluding hydrogens is 399 g/mol. The first kappa shape index (κ1) is 21.1. The molecule has 1 atom stereocenters. The van der Waals surface area contributed by atoms with Crippen molar-refractivity contribution in [2.75, 3.05) is 12.4 Å². The lowest BCUT2D eigenvalue weighted by molar-refractivity contribution is -0.137. The van der Waals surface area contributed by atoms with Crippen molar-refractivity contribution in [1.29, 1.82) is 0 Å². The van der Waals surface area contributed by atoms with E-state index in [2.05, 4.69) is 10.4 Å². The number of amides is 1. The normalized spacial score (nSPS) is 12.3. The molecule has 9 heteroatoms. The third-order valence-corrected chi connectivity index (χ3v) is 4.43. The maximum absolute atomic E-state index is 13.0. The highest BCUT2D eigenvalue weighted by Gasteiger charge is 2.31. The highest BCUT2D eigenvalue weighted by atomic mass is 19.4. The quantitative estimate of drug-likeness (QED) is 0.677. The van der Waals surface area contributed by atoms with Crippen LogP contribution in [-0.2, 0) is 11.0 Å². The van der Waals surface area contributed by atoms with Crippen LogP contribution in [-0.4, -0.2) is 22.8 Å². The molecule has 1 N–H and O–H groups in total. The molecule has 0 saturated heterocycles. The zero-order valence-electron chi connectivity index (χ0n) is 16.1. The number of rotatable bonds is 5. The Labute approximate surface area is 169 Å². The second-order valence-corrected chi connectivity index (χ2v) is 6.45. The Morgan fingerprint density at radius 3 is 2.43 bits per heavy atom. The topological polar surface area (TPSA) is 73.2 Å². The summed E-state index contributed by atoms with van der Waals surface area (Å²) in [5, 5.41) is 6.63. The van der Waals surface area contributed by atoms with Crippen molar-refractivity contribution >= 4 is 11.6 Å². The van der Waals surface area contributed by atoms with Gasteiger partial charge in [0.15, 0.2) is 0 Å². The molecular formula is C21H18F3N3O3. The van der Waals surface area contributed by atoms with Crippen LogP contribution in [0.15, 0.2) is 65.5 Å². The van der Waals surface area contributed by atoms with E-state index in [4.69, 9.17) is 4.74 Å². The Morgan fingerprint density at radius 2 is 1.80 bits per heavy atom. The number of benzene rings is 2. The summed E-state index contributed by atoms with van der Waals surface area (Å²) in [5.74, 6) is -0.658. The van der Waals surface area contributed by atoms with Crippen molar-refractivity contribution in [1.82, 2.24) is 9.78 Å². The zero-order chi connectivity index (χ0) is 21.9. The van der Waals surface area contributed by atoms with E-state index < -0.39 is 29.2 Å². The molecule has 0 aliphatic heterocycles. The van der Waals surface area contributed by atoms with Gasteiger partial charge in [0, 0.05) is 11.6 Å². The van der Waals surface area contributed by atoms with Crippen molar-refractivity contribution in [3.05, 3.63) is 76.6 Å². The van der Waals surface area contributed by atoms with Crippen molar-refractivity contribution < 1.29 is 22.7 Å². The molecule has 1 amide bonds. The van der Waals surface area contributed by atoms with Crippen LogP contribution in [0, 0.1) is 0 Å². The van der Waals surface area contributed by atoms with Crippen LogP contribution < -0.4 is 15.6 Å². The average Bonchev–Trinajstić information content (AvgIpc) is 2.73. The molecule has 1 aromatic heterocycles. The minimum absolute atomic E-state index is 0.0573. The first-order valence-corrected chi connectivity index (χ1v) is 8.92. The molecule has 30 heavy (non-hydrogen) atoms. The van der Waals surface area contributed by atoms with Gasteiger partial charge in [-0.3, -0.25) is 9.59 Å². The van der Waals surface area contributed by atoms with E-state index in [0.717, 1.165) is 28.4 Å². The first-order valence-electron chi connectivity index (χ1n) is 8.92. The lowest BCUT2D eigenvalue weighted by Crippen LogP contribution is -2.33. The molecule has 2 aromatic carbocycles. The minimum atomic E-state index is -4.58. The fraction of sp³-hybridized carbons (Fsp3) is 0.190. The van der Waals surface area contributed by atoms with Gasteiger partial charge in [-0.25, -0.2) is 4.68 Å². The average molecular weight is 417 g/mol. The van der Waals surface area contributed by atoms with E-state index >= 15 is 0 Å². The van der Waals surface area contributed by atoms with Gasteiger partial charge in [-0.15, -0.1) is 0 Å². The number of carbonyl (C=O) groups excluding carboxylic acids is 1.